The summed E-state index contributed by atoms with van der Waals surface area (Å²) < 4.78 is 0. The first-order valence-electron chi connectivity index (χ1n) is 9.62. The van der Waals surface area contributed by atoms with Crippen LogP contribution in [0.2, 0.25) is 0 Å². The molecule has 0 saturated heterocycles. The summed E-state index contributed by atoms with van der Waals surface area (Å²) in [4.78, 5) is 2.49. The highest BCUT2D eigenvalue weighted by atomic mass is 32.1. The van der Waals surface area contributed by atoms with E-state index >= 15 is 0 Å². The molecule has 0 aliphatic carbocycles. The highest BCUT2D eigenvalue weighted by Crippen LogP contribution is 2.27. The Kier molecular flexibility index (Phi) is 6.45. The fraction of sp³-hybridized carbons (Fsp3) is 0.364. The summed E-state index contributed by atoms with van der Waals surface area (Å²) in [5.41, 5.74) is 10.2. The molecule has 2 aromatic carbocycles. The van der Waals surface area contributed by atoms with Crippen molar-refractivity contribution in [2.75, 3.05) is 23.3 Å². The van der Waals surface area contributed by atoms with E-state index in [0.29, 0.717) is 5.11 Å². The lowest BCUT2D eigenvalue weighted by atomic mass is 9.99. The number of fused-ring (bicyclic) bond motifs is 1. The van der Waals surface area contributed by atoms with Gasteiger partial charge in [0.15, 0.2) is 5.11 Å². The SMILES string of the molecule is CCCN1CCCc2cc(/C=N/NC(=S)Nc3ccc(C)cc3C)ccc21. The zero-order valence-corrected chi connectivity index (χ0v) is 17.2. The Morgan fingerprint density at radius 1 is 1.22 bits per heavy atom. The normalized spacial score (nSPS) is 13.5. The monoisotopic (exact) mass is 380 g/mol. The molecule has 2 N–H and O–H groups in total. The van der Waals surface area contributed by atoms with E-state index in [0.717, 1.165) is 36.3 Å². The van der Waals surface area contributed by atoms with Gasteiger partial charge in [-0.3, -0.25) is 5.43 Å². The van der Waals surface area contributed by atoms with E-state index in [-0.39, 0.29) is 0 Å². The van der Waals surface area contributed by atoms with E-state index in [1.54, 1.807) is 0 Å². The molecule has 0 fully saturated rings. The number of thiocarbonyl (C=S) groups is 1. The Hall–Kier alpha value is -2.40. The van der Waals surface area contributed by atoms with Gasteiger partial charge >= 0.3 is 0 Å². The fourth-order valence-electron chi connectivity index (χ4n) is 3.55. The van der Waals surface area contributed by atoms with Gasteiger partial charge < -0.3 is 10.2 Å². The van der Waals surface area contributed by atoms with Crippen molar-refractivity contribution in [1.29, 1.82) is 0 Å². The third kappa shape index (κ3) is 5.07. The van der Waals surface area contributed by atoms with Crippen LogP contribution in [0.3, 0.4) is 0 Å². The molecule has 1 aliphatic heterocycles. The highest BCUT2D eigenvalue weighted by Gasteiger charge is 2.15. The topological polar surface area (TPSA) is 39.7 Å². The molecule has 0 unspecified atom stereocenters. The van der Waals surface area contributed by atoms with E-state index in [9.17, 15) is 0 Å². The molecular weight excluding hydrogens is 352 g/mol. The van der Waals surface area contributed by atoms with Crippen molar-refractivity contribution < 1.29 is 0 Å². The van der Waals surface area contributed by atoms with Gasteiger partial charge in [-0.05, 0) is 80.2 Å². The van der Waals surface area contributed by atoms with Gasteiger partial charge in [-0.25, -0.2) is 0 Å². The first kappa shape index (κ1) is 19.4. The zero-order chi connectivity index (χ0) is 19.2. The maximum Gasteiger partial charge on any atom is 0.191 e. The van der Waals surface area contributed by atoms with Crippen LogP contribution in [-0.2, 0) is 6.42 Å². The minimum atomic E-state index is 0.491. The Morgan fingerprint density at radius 3 is 2.85 bits per heavy atom. The molecule has 0 spiro atoms. The number of benzene rings is 2. The van der Waals surface area contributed by atoms with Crippen LogP contribution in [0, 0.1) is 13.8 Å². The first-order chi connectivity index (χ1) is 13.1. The Balaban J connectivity index is 1.60. The number of hydrogen-bond acceptors (Lipinski definition) is 3. The molecule has 4 nitrogen and oxygen atoms in total. The van der Waals surface area contributed by atoms with Gasteiger partial charge in [-0.2, -0.15) is 5.10 Å². The number of rotatable bonds is 5. The summed E-state index contributed by atoms with van der Waals surface area (Å²) in [6, 6.07) is 12.8. The molecule has 27 heavy (non-hydrogen) atoms. The van der Waals surface area contributed by atoms with E-state index in [1.165, 1.54) is 29.7 Å². The minimum absolute atomic E-state index is 0.491. The van der Waals surface area contributed by atoms with Crippen LogP contribution in [0.15, 0.2) is 41.5 Å². The molecule has 0 radical (unpaired) electrons. The summed E-state index contributed by atoms with van der Waals surface area (Å²) in [6.07, 6.45) is 5.36. The average Bonchev–Trinajstić information content (AvgIpc) is 2.64. The summed E-state index contributed by atoms with van der Waals surface area (Å²) in [7, 11) is 0. The molecule has 0 atom stereocenters. The quantitative estimate of drug-likeness (QED) is 0.445. The van der Waals surface area contributed by atoms with Crippen LogP contribution in [0.5, 0.6) is 0 Å². The summed E-state index contributed by atoms with van der Waals surface area (Å²) in [5, 5.41) is 7.98. The van der Waals surface area contributed by atoms with Crippen LogP contribution in [0.1, 0.15) is 42.0 Å². The van der Waals surface area contributed by atoms with Gasteiger partial charge in [-0.15, -0.1) is 0 Å². The lowest BCUT2D eigenvalue weighted by Crippen LogP contribution is -2.30. The van der Waals surface area contributed by atoms with Crippen molar-refractivity contribution in [3.63, 3.8) is 0 Å². The maximum atomic E-state index is 5.34. The number of hydrazone groups is 1. The molecule has 2 aromatic rings. The summed E-state index contributed by atoms with van der Waals surface area (Å²) in [6.45, 7) is 8.67. The molecule has 1 aliphatic rings. The second-order valence-corrected chi connectivity index (χ2v) is 7.53. The van der Waals surface area contributed by atoms with E-state index in [4.69, 9.17) is 12.2 Å². The van der Waals surface area contributed by atoms with Crippen molar-refractivity contribution in [2.24, 2.45) is 5.10 Å². The molecule has 0 bridgehead atoms. The van der Waals surface area contributed by atoms with E-state index in [1.807, 2.05) is 12.3 Å². The third-order valence-electron chi connectivity index (χ3n) is 4.82. The number of nitrogens with one attached hydrogen (secondary N) is 2. The van der Waals surface area contributed by atoms with Crippen LogP contribution in [0.25, 0.3) is 0 Å². The van der Waals surface area contributed by atoms with Crippen LogP contribution in [-0.4, -0.2) is 24.4 Å². The standard InChI is InChI=1S/C22H28N4S/c1-4-11-26-12-5-6-19-14-18(8-10-21(19)26)15-23-25-22(27)24-20-9-7-16(2)13-17(20)3/h7-10,13-15H,4-6,11-12H2,1-3H3,(H2,24,25,27)/b23-15+. The van der Waals surface area contributed by atoms with Gasteiger partial charge in [0, 0.05) is 24.5 Å². The fourth-order valence-corrected chi connectivity index (χ4v) is 3.71. The smallest absolute Gasteiger partial charge is 0.191 e. The van der Waals surface area contributed by atoms with Crippen LogP contribution >= 0.6 is 12.2 Å². The van der Waals surface area contributed by atoms with Gasteiger partial charge in [0.05, 0.1) is 6.21 Å². The number of anilines is 2. The Bertz CT molecular complexity index is 844. The lowest BCUT2D eigenvalue weighted by Gasteiger charge is -2.31. The molecule has 0 saturated carbocycles. The molecular formula is C22H28N4S. The van der Waals surface area contributed by atoms with Crippen molar-refractivity contribution in [3.8, 4) is 0 Å². The Morgan fingerprint density at radius 2 is 2.07 bits per heavy atom. The van der Waals surface area contributed by atoms with Crippen LogP contribution < -0.4 is 15.6 Å². The van der Waals surface area contributed by atoms with E-state index in [2.05, 4.69) is 71.8 Å². The second-order valence-electron chi connectivity index (χ2n) is 7.12. The third-order valence-corrected chi connectivity index (χ3v) is 5.02. The second kappa shape index (κ2) is 9.00. The predicted octanol–water partition coefficient (Wildman–Crippen LogP) is 4.79. The first-order valence-corrected chi connectivity index (χ1v) is 10.0. The molecule has 1 heterocycles. The number of nitrogens with zero attached hydrogens (tertiary/aromatic N) is 2. The van der Waals surface area contributed by atoms with Crippen molar-refractivity contribution in [2.45, 2.75) is 40.0 Å². The van der Waals surface area contributed by atoms with Gasteiger partial charge in [-0.1, -0.05) is 30.7 Å². The predicted molar refractivity (Wildman–Crippen MR) is 120 cm³/mol. The van der Waals surface area contributed by atoms with E-state index < -0.39 is 0 Å². The van der Waals surface area contributed by atoms with Crippen molar-refractivity contribution in [3.05, 3.63) is 58.7 Å². The largest absolute Gasteiger partial charge is 0.371 e. The zero-order valence-electron chi connectivity index (χ0n) is 16.4. The van der Waals surface area contributed by atoms with Crippen molar-refractivity contribution in [1.82, 2.24) is 5.43 Å². The molecule has 5 heteroatoms. The summed E-state index contributed by atoms with van der Waals surface area (Å²) in [5.74, 6) is 0. The average molecular weight is 381 g/mol. The van der Waals surface area contributed by atoms with Crippen LogP contribution in [0.4, 0.5) is 11.4 Å². The van der Waals surface area contributed by atoms with Crippen molar-refractivity contribution >= 4 is 34.9 Å². The molecule has 0 amide bonds. The Labute approximate surface area is 167 Å². The summed E-state index contributed by atoms with van der Waals surface area (Å²) >= 11 is 5.34. The maximum absolute atomic E-state index is 5.34. The number of aryl methyl sites for hydroxylation is 3. The molecule has 3 rings (SSSR count). The molecule has 142 valence electrons. The highest BCUT2D eigenvalue weighted by molar-refractivity contribution is 7.80. The minimum Gasteiger partial charge on any atom is -0.371 e. The molecule has 0 aromatic heterocycles. The van der Waals surface area contributed by atoms with Gasteiger partial charge in [0.1, 0.15) is 0 Å². The van der Waals surface area contributed by atoms with Gasteiger partial charge in [0.2, 0.25) is 0 Å². The lowest BCUT2D eigenvalue weighted by molar-refractivity contribution is 0.681. The number of hydrogen-bond donors (Lipinski definition) is 2. The van der Waals surface area contributed by atoms with Gasteiger partial charge in [0.25, 0.3) is 0 Å².